The Labute approximate surface area is 143 Å². The molecule has 1 N–H and O–H groups in total. The maximum absolute atomic E-state index is 11.9. The quantitative estimate of drug-likeness (QED) is 0.681. The molecule has 8 nitrogen and oxygen atoms in total. The van der Waals surface area contributed by atoms with Crippen LogP contribution < -0.4 is 10.9 Å². The second kappa shape index (κ2) is 7.52. The fourth-order valence-corrected chi connectivity index (χ4v) is 2.28. The third-order valence-corrected chi connectivity index (χ3v) is 3.54. The molecule has 3 aromatic rings. The monoisotopic (exact) mass is 339 g/mol. The molecule has 0 aliphatic heterocycles. The molecule has 0 saturated carbocycles. The number of nitrogens with one attached hydrogen (secondary N) is 1. The van der Waals surface area contributed by atoms with Crippen LogP contribution in [0.15, 0.2) is 52.0 Å². The van der Waals surface area contributed by atoms with E-state index < -0.39 is 0 Å². The van der Waals surface area contributed by atoms with Gasteiger partial charge in [0.15, 0.2) is 5.69 Å². The minimum absolute atomic E-state index is 0.184. The van der Waals surface area contributed by atoms with Crippen LogP contribution >= 0.6 is 0 Å². The zero-order valence-corrected chi connectivity index (χ0v) is 13.7. The molecular formula is C17H17N5O3. The van der Waals surface area contributed by atoms with E-state index in [-0.39, 0.29) is 17.2 Å². The number of rotatable bonds is 6. The Morgan fingerprint density at radius 3 is 2.76 bits per heavy atom. The first-order valence-electron chi connectivity index (χ1n) is 7.83. The zero-order chi connectivity index (χ0) is 17.6. The summed E-state index contributed by atoms with van der Waals surface area (Å²) >= 11 is 0. The predicted molar refractivity (Wildman–Crippen MR) is 89.9 cm³/mol. The van der Waals surface area contributed by atoms with Crippen molar-refractivity contribution in [2.24, 2.45) is 0 Å². The summed E-state index contributed by atoms with van der Waals surface area (Å²) in [5.74, 6) is 0.275. The topological polar surface area (TPSA) is 103 Å². The van der Waals surface area contributed by atoms with Gasteiger partial charge in [0, 0.05) is 43.2 Å². The lowest BCUT2D eigenvalue weighted by Gasteiger charge is -2.07. The van der Waals surface area contributed by atoms with Crippen LogP contribution in [-0.2, 0) is 6.54 Å². The Hall–Kier alpha value is -3.29. The summed E-state index contributed by atoms with van der Waals surface area (Å²) in [6.45, 7) is 2.52. The van der Waals surface area contributed by atoms with Gasteiger partial charge < -0.3 is 9.84 Å². The lowest BCUT2D eigenvalue weighted by atomic mass is 10.2. The molecule has 8 heteroatoms. The Kier molecular flexibility index (Phi) is 4.98. The smallest absolute Gasteiger partial charge is 0.273 e. The molecule has 3 rings (SSSR count). The van der Waals surface area contributed by atoms with Crippen molar-refractivity contribution in [2.45, 2.75) is 19.9 Å². The van der Waals surface area contributed by atoms with Crippen molar-refractivity contribution in [3.05, 3.63) is 64.5 Å². The SMILES string of the molecule is Cc1cc(C(=O)NCCCn2nc(-c3ccncc3)ccc2=O)no1. The summed E-state index contributed by atoms with van der Waals surface area (Å²) in [5, 5.41) is 10.7. The first-order valence-corrected chi connectivity index (χ1v) is 7.83. The number of carbonyl (C=O) groups is 1. The molecule has 0 aromatic carbocycles. The molecule has 0 atom stereocenters. The lowest BCUT2D eigenvalue weighted by Crippen LogP contribution is -2.28. The number of aromatic nitrogens is 4. The molecule has 25 heavy (non-hydrogen) atoms. The van der Waals surface area contributed by atoms with Crippen LogP contribution in [0.1, 0.15) is 22.7 Å². The Morgan fingerprint density at radius 2 is 2.04 bits per heavy atom. The molecule has 0 unspecified atom stereocenters. The standard InChI is InChI=1S/C17H17N5O3/c1-12-11-15(21-25-12)17(24)19-7-2-10-22-16(23)4-3-14(20-22)13-5-8-18-9-6-13/h3-6,8-9,11H,2,7,10H2,1H3,(H,19,24). The van der Waals surface area contributed by atoms with E-state index in [9.17, 15) is 9.59 Å². The maximum Gasteiger partial charge on any atom is 0.273 e. The molecule has 0 radical (unpaired) electrons. The maximum atomic E-state index is 11.9. The van der Waals surface area contributed by atoms with Crippen molar-refractivity contribution in [1.29, 1.82) is 0 Å². The van der Waals surface area contributed by atoms with Gasteiger partial charge in [-0.3, -0.25) is 14.6 Å². The number of nitrogens with zero attached hydrogens (tertiary/aromatic N) is 4. The fraction of sp³-hybridized carbons (Fsp3) is 0.235. The molecule has 1 amide bonds. The van der Waals surface area contributed by atoms with Crippen molar-refractivity contribution in [3.63, 3.8) is 0 Å². The van der Waals surface area contributed by atoms with Gasteiger partial charge in [-0.05, 0) is 31.5 Å². The van der Waals surface area contributed by atoms with E-state index >= 15 is 0 Å². The fourth-order valence-electron chi connectivity index (χ4n) is 2.28. The van der Waals surface area contributed by atoms with Crippen LogP contribution in [0.25, 0.3) is 11.3 Å². The van der Waals surface area contributed by atoms with E-state index in [4.69, 9.17) is 4.52 Å². The van der Waals surface area contributed by atoms with E-state index in [1.54, 1.807) is 31.5 Å². The summed E-state index contributed by atoms with van der Waals surface area (Å²) in [6.07, 6.45) is 3.91. The summed E-state index contributed by atoms with van der Waals surface area (Å²) in [7, 11) is 0. The number of hydrogen-bond acceptors (Lipinski definition) is 6. The van der Waals surface area contributed by atoms with E-state index in [2.05, 4.69) is 20.6 Å². The summed E-state index contributed by atoms with van der Waals surface area (Å²) in [4.78, 5) is 27.8. The van der Waals surface area contributed by atoms with Crippen molar-refractivity contribution in [2.75, 3.05) is 6.54 Å². The highest BCUT2D eigenvalue weighted by atomic mass is 16.5. The van der Waals surface area contributed by atoms with Gasteiger partial charge in [-0.25, -0.2) is 4.68 Å². The minimum Gasteiger partial charge on any atom is -0.361 e. The number of carbonyl (C=O) groups excluding carboxylic acids is 1. The van der Waals surface area contributed by atoms with Gasteiger partial charge >= 0.3 is 0 Å². The van der Waals surface area contributed by atoms with Gasteiger partial charge in [-0.15, -0.1) is 0 Å². The third kappa shape index (κ3) is 4.17. The summed E-state index contributed by atoms with van der Waals surface area (Å²) < 4.78 is 6.25. The van der Waals surface area contributed by atoms with E-state index in [1.807, 2.05) is 12.1 Å². The normalized spacial score (nSPS) is 10.6. The average molecular weight is 339 g/mol. The van der Waals surface area contributed by atoms with E-state index in [1.165, 1.54) is 10.7 Å². The molecule has 3 aromatic heterocycles. The van der Waals surface area contributed by atoms with Gasteiger partial charge in [-0.1, -0.05) is 5.16 Å². The first-order chi connectivity index (χ1) is 12.1. The first kappa shape index (κ1) is 16.6. The van der Waals surface area contributed by atoms with Crippen LogP contribution in [0.3, 0.4) is 0 Å². The highest BCUT2D eigenvalue weighted by molar-refractivity contribution is 5.92. The molecule has 128 valence electrons. The molecule has 0 fully saturated rings. The molecule has 0 spiro atoms. The Morgan fingerprint density at radius 1 is 1.24 bits per heavy atom. The van der Waals surface area contributed by atoms with Crippen molar-refractivity contribution >= 4 is 5.91 Å². The second-order valence-corrected chi connectivity index (χ2v) is 5.45. The zero-order valence-electron chi connectivity index (χ0n) is 13.7. The number of pyridine rings is 1. The minimum atomic E-state index is -0.303. The largest absolute Gasteiger partial charge is 0.361 e. The Balaban J connectivity index is 1.58. The highest BCUT2D eigenvalue weighted by Crippen LogP contribution is 2.13. The predicted octanol–water partition coefficient (Wildman–Crippen LogP) is 1.42. The van der Waals surface area contributed by atoms with Crippen LogP contribution in [-0.4, -0.2) is 32.4 Å². The average Bonchev–Trinajstić information content (AvgIpc) is 3.07. The molecule has 0 saturated heterocycles. The molecule has 3 heterocycles. The number of amides is 1. The number of hydrogen-bond donors (Lipinski definition) is 1. The van der Waals surface area contributed by atoms with E-state index in [0.29, 0.717) is 31.0 Å². The van der Waals surface area contributed by atoms with Crippen molar-refractivity contribution in [3.8, 4) is 11.3 Å². The molecule has 0 aliphatic rings. The van der Waals surface area contributed by atoms with Gasteiger partial charge in [0.05, 0.1) is 5.69 Å². The van der Waals surface area contributed by atoms with Gasteiger partial charge in [0.25, 0.3) is 11.5 Å². The van der Waals surface area contributed by atoms with E-state index in [0.717, 1.165) is 5.56 Å². The second-order valence-electron chi connectivity index (χ2n) is 5.45. The van der Waals surface area contributed by atoms with Crippen LogP contribution in [0.4, 0.5) is 0 Å². The number of aryl methyl sites for hydroxylation is 2. The molecular weight excluding hydrogens is 322 g/mol. The van der Waals surface area contributed by atoms with Crippen LogP contribution in [0, 0.1) is 6.92 Å². The summed E-state index contributed by atoms with van der Waals surface area (Å²) in [5.41, 5.74) is 1.64. The van der Waals surface area contributed by atoms with Gasteiger partial charge in [-0.2, -0.15) is 5.10 Å². The van der Waals surface area contributed by atoms with Crippen molar-refractivity contribution in [1.82, 2.24) is 25.2 Å². The van der Waals surface area contributed by atoms with Crippen molar-refractivity contribution < 1.29 is 9.32 Å². The Bertz CT molecular complexity index is 917. The van der Waals surface area contributed by atoms with Gasteiger partial charge in [0.1, 0.15) is 5.76 Å². The third-order valence-electron chi connectivity index (χ3n) is 3.54. The van der Waals surface area contributed by atoms with Crippen LogP contribution in [0.2, 0.25) is 0 Å². The lowest BCUT2D eigenvalue weighted by molar-refractivity contribution is 0.0943. The molecule has 0 aliphatic carbocycles. The highest BCUT2D eigenvalue weighted by Gasteiger charge is 2.10. The molecule has 0 bridgehead atoms. The summed E-state index contributed by atoms with van der Waals surface area (Å²) in [6, 6.07) is 8.40. The van der Waals surface area contributed by atoms with Crippen LogP contribution in [0.5, 0.6) is 0 Å². The van der Waals surface area contributed by atoms with Gasteiger partial charge in [0.2, 0.25) is 0 Å².